The number of fused-ring (bicyclic) bond motifs is 1. The Balaban J connectivity index is 1.93. The molecule has 6 nitrogen and oxygen atoms in total. The Hall–Kier alpha value is -2.34. The number of esters is 2. The predicted octanol–water partition coefficient (Wildman–Crippen LogP) is 2.22. The molecule has 0 saturated carbocycles. The highest BCUT2D eigenvalue weighted by Crippen LogP contribution is 2.40. The summed E-state index contributed by atoms with van der Waals surface area (Å²) in [6.07, 6.45) is 0.932. The molecule has 2 aliphatic heterocycles. The molecule has 1 spiro atoms. The molecular formula is C16H16O6. The number of benzene rings is 1. The molecule has 1 saturated heterocycles. The zero-order chi connectivity index (χ0) is 15.7. The van der Waals surface area contributed by atoms with Gasteiger partial charge < -0.3 is 18.9 Å². The summed E-state index contributed by atoms with van der Waals surface area (Å²) in [6, 6.07) is 4.84. The van der Waals surface area contributed by atoms with E-state index in [1.165, 1.54) is 13.0 Å². The lowest BCUT2D eigenvalue weighted by Gasteiger charge is -2.39. The van der Waals surface area contributed by atoms with Gasteiger partial charge in [0.05, 0.1) is 13.2 Å². The van der Waals surface area contributed by atoms with Gasteiger partial charge in [0.15, 0.2) is 0 Å². The first-order valence-corrected chi connectivity index (χ1v) is 7.02. The number of hydrogen-bond donors (Lipinski definition) is 0. The predicted molar refractivity (Wildman–Crippen MR) is 75.7 cm³/mol. The zero-order valence-electron chi connectivity index (χ0n) is 12.2. The molecule has 2 heterocycles. The summed E-state index contributed by atoms with van der Waals surface area (Å²) in [4.78, 5) is 24.0. The Morgan fingerprint density at radius 3 is 2.68 bits per heavy atom. The number of carbonyl (C=O) groups excluding carboxylic acids is 2. The van der Waals surface area contributed by atoms with Crippen LogP contribution in [0.1, 0.15) is 30.1 Å². The summed E-state index contributed by atoms with van der Waals surface area (Å²) in [7, 11) is 0. The minimum Gasteiger partial charge on any atom is -0.451 e. The second-order valence-corrected chi connectivity index (χ2v) is 5.31. The minimum atomic E-state index is -0.987. The van der Waals surface area contributed by atoms with Crippen LogP contribution in [0.4, 0.5) is 0 Å². The monoisotopic (exact) mass is 304 g/mol. The third-order valence-electron chi connectivity index (χ3n) is 3.57. The highest BCUT2D eigenvalue weighted by atomic mass is 16.7. The van der Waals surface area contributed by atoms with Crippen LogP contribution in [0.3, 0.4) is 0 Å². The smallest absolute Gasteiger partial charge is 0.349 e. The molecule has 0 atom stereocenters. The maximum Gasteiger partial charge on any atom is 0.349 e. The molecule has 0 aliphatic carbocycles. The van der Waals surface area contributed by atoms with Crippen LogP contribution in [0.5, 0.6) is 11.5 Å². The molecule has 0 radical (unpaired) electrons. The van der Waals surface area contributed by atoms with Crippen LogP contribution in [0.15, 0.2) is 30.4 Å². The number of hydrogen-bond acceptors (Lipinski definition) is 6. The fourth-order valence-electron chi connectivity index (χ4n) is 2.40. The van der Waals surface area contributed by atoms with Crippen molar-refractivity contribution in [1.29, 1.82) is 0 Å². The third kappa shape index (κ3) is 2.57. The molecule has 1 aromatic rings. The molecule has 6 heteroatoms. The Bertz CT molecular complexity index is 642. The lowest BCUT2D eigenvalue weighted by Crippen LogP contribution is -2.48. The van der Waals surface area contributed by atoms with Gasteiger partial charge in [0.25, 0.3) is 5.79 Å². The van der Waals surface area contributed by atoms with Crippen LogP contribution in [0, 0.1) is 0 Å². The fraction of sp³-hybridized carbons (Fsp3) is 0.375. The van der Waals surface area contributed by atoms with E-state index in [1.807, 2.05) is 0 Å². The van der Waals surface area contributed by atoms with Crippen molar-refractivity contribution >= 4 is 11.9 Å². The van der Waals surface area contributed by atoms with E-state index in [2.05, 4.69) is 6.58 Å². The van der Waals surface area contributed by atoms with E-state index < -0.39 is 17.7 Å². The third-order valence-corrected chi connectivity index (χ3v) is 3.57. The quantitative estimate of drug-likeness (QED) is 0.474. The largest absolute Gasteiger partial charge is 0.451 e. The van der Waals surface area contributed by atoms with Gasteiger partial charge in [-0.2, -0.15) is 0 Å². The molecule has 2 aliphatic rings. The lowest BCUT2D eigenvalue weighted by molar-refractivity contribution is -0.197. The normalized spacial score (nSPS) is 18.9. The maximum atomic E-state index is 12.4. The van der Waals surface area contributed by atoms with Crippen molar-refractivity contribution < 1.29 is 28.5 Å². The van der Waals surface area contributed by atoms with Crippen LogP contribution >= 0.6 is 0 Å². The van der Waals surface area contributed by atoms with Crippen molar-refractivity contribution in [2.24, 2.45) is 0 Å². The van der Waals surface area contributed by atoms with E-state index in [0.29, 0.717) is 31.8 Å². The van der Waals surface area contributed by atoms with Gasteiger partial charge in [-0.3, -0.25) is 0 Å². The first kappa shape index (κ1) is 14.6. The Kier molecular flexibility index (Phi) is 3.62. The molecule has 116 valence electrons. The summed E-state index contributed by atoms with van der Waals surface area (Å²) in [5, 5.41) is 0. The first-order chi connectivity index (χ1) is 10.5. The van der Waals surface area contributed by atoms with Crippen molar-refractivity contribution in [3.63, 3.8) is 0 Å². The average molecular weight is 304 g/mol. The van der Waals surface area contributed by atoms with Crippen LogP contribution < -0.4 is 9.47 Å². The summed E-state index contributed by atoms with van der Waals surface area (Å²) in [5.41, 5.74) is 0.359. The maximum absolute atomic E-state index is 12.4. The fourth-order valence-corrected chi connectivity index (χ4v) is 2.40. The van der Waals surface area contributed by atoms with Crippen molar-refractivity contribution in [3.05, 3.63) is 35.9 Å². The molecule has 0 unspecified atom stereocenters. The van der Waals surface area contributed by atoms with E-state index in [1.54, 1.807) is 12.1 Å². The van der Waals surface area contributed by atoms with Crippen LogP contribution in [0.25, 0.3) is 0 Å². The number of ether oxygens (including phenoxy) is 4. The standard InChI is InChI=1S/C16H16O6/c1-10(2)14(17)20-11-4-3-5-12-13(11)15(18)22-16(21-12)6-8-19-9-7-16/h3-5H,1,6-9H2,2H3. The van der Waals surface area contributed by atoms with E-state index >= 15 is 0 Å². The molecule has 0 aromatic heterocycles. The Labute approximate surface area is 127 Å². The Morgan fingerprint density at radius 1 is 1.27 bits per heavy atom. The topological polar surface area (TPSA) is 71.1 Å². The van der Waals surface area contributed by atoms with Gasteiger partial charge in [-0.05, 0) is 19.1 Å². The summed E-state index contributed by atoms with van der Waals surface area (Å²) in [5.74, 6) is -1.69. The number of rotatable bonds is 2. The second kappa shape index (κ2) is 5.46. The van der Waals surface area contributed by atoms with E-state index in [9.17, 15) is 9.59 Å². The minimum absolute atomic E-state index is 0.109. The van der Waals surface area contributed by atoms with Gasteiger partial charge in [0.2, 0.25) is 0 Å². The van der Waals surface area contributed by atoms with Crippen LogP contribution in [-0.4, -0.2) is 30.9 Å². The van der Waals surface area contributed by atoms with Crippen molar-refractivity contribution in [3.8, 4) is 11.5 Å². The molecule has 1 fully saturated rings. The van der Waals surface area contributed by atoms with Gasteiger partial charge in [-0.25, -0.2) is 9.59 Å². The second-order valence-electron chi connectivity index (χ2n) is 5.31. The first-order valence-electron chi connectivity index (χ1n) is 7.02. The van der Waals surface area contributed by atoms with Gasteiger partial charge in [0, 0.05) is 18.4 Å². The van der Waals surface area contributed by atoms with Crippen LogP contribution in [0.2, 0.25) is 0 Å². The van der Waals surface area contributed by atoms with Gasteiger partial charge in [0.1, 0.15) is 17.1 Å². The molecule has 0 N–H and O–H groups in total. The van der Waals surface area contributed by atoms with Gasteiger partial charge in [-0.15, -0.1) is 0 Å². The molecule has 22 heavy (non-hydrogen) atoms. The van der Waals surface area contributed by atoms with Crippen molar-refractivity contribution in [2.45, 2.75) is 25.6 Å². The lowest BCUT2D eigenvalue weighted by atomic mass is 10.0. The SMILES string of the molecule is C=C(C)C(=O)Oc1cccc2c1C(=O)OC1(CCOCC1)O2. The van der Waals surface area contributed by atoms with Gasteiger partial charge >= 0.3 is 11.9 Å². The van der Waals surface area contributed by atoms with E-state index in [0.717, 1.165) is 0 Å². The molecule has 0 bridgehead atoms. The zero-order valence-corrected chi connectivity index (χ0v) is 12.2. The number of carbonyl (C=O) groups is 2. The summed E-state index contributed by atoms with van der Waals surface area (Å²) in [6.45, 7) is 5.98. The molecule has 3 rings (SSSR count). The van der Waals surface area contributed by atoms with Crippen molar-refractivity contribution in [1.82, 2.24) is 0 Å². The Morgan fingerprint density at radius 2 is 2.00 bits per heavy atom. The molecule has 1 aromatic carbocycles. The molecular weight excluding hydrogens is 288 g/mol. The van der Waals surface area contributed by atoms with Crippen molar-refractivity contribution in [2.75, 3.05) is 13.2 Å². The summed E-state index contributed by atoms with van der Waals surface area (Å²) >= 11 is 0. The molecule has 0 amide bonds. The highest BCUT2D eigenvalue weighted by Gasteiger charge is 2.45. The van der Waals surface area contributed by atoms with Crippen LogP contribution in [-0.2, 0) is 14.3 Å². The summed E-state index contributed by atoms with van der Waals surface area (Å²) < 4.78 is 21.8. The highest BCUT2D eigenvalue weighted by molar-refractivity contribution is 5.98. The average Bonchev–Trinajstić information content (AvgIpc) is 2.47. The van der Waals surface area contributed by atoms with E-state index in [-0.39, 0.29) is 16.9 Å². The van der Waals surface area contributed by atoms with Gasteiger partial charge in [-0.1, -0.05) is 12.6 Å². The van der Waals surface area contributed by atoms with E-state index in [4.69, 9.17) is 18.9 Å².